The molecule has 1 N–H and O–H groups in total. The molecular weight excluding hydrogens is 468 g/mol. The van der Waals surface area contributed by atoms with E-state index in [0.717, 1.165) is 0 Å². The molecule has 0 saturated carbocycles. The molecule has 0 fully saturated rings. The summed E-state index contributed by atoms with van der Waals surface area (Å²) in [5.41, 5.74) is 1.64. The summed E-state index contributed by atoms with van der Waals surface area (Å²) in [5.74, 6) is -1.48. The number of aromatic nitrogens is 1. The summed E-state index contributed by atoms with van der Waals surface area (Å²) in [4.78, 5) is 25.2. The Labute approximate surface area is 203 Å². The number of carbonyl (C=O) groups is 2. The first-order valence-corrected chi connectivity index (χ1v) is 12.2. The number of ether oxygens (including phenoxy) is 2. The number of methoxy groups -OCH3 is 2. The number of para-hydroxylation sites is 1. The Balaban J connectivity index is 1.99. The third-order valence-corrected chi connectivity index (χ3v) is 7.44. The van der Waals surface area contributed by atoms with Crippen LogP contribution in [0.1, 0.15) is 17.0 Å². The van der Waals surface area contributed by atoms with Crippen molar-refractivity contribution in [1.29, 1.82) is 0 Å². The summed E-state index contributed by atoms with van der Waals surface area (Å²) in [6.07, 6.45) is 0.682. The van der Waals surface area contributed by atoms with E-state index in [1.54, 1.807) is 66.7 Å². The van der Waals surface area contributed by atoms with E-state index in [9.17, 15) is 18.0 Å². The van der Waals surface area contributed by atoms with Crippen LogP contribution in [0.5, 0.6) is 0 Å². The second-order valence-corrected chi connectivity index (χ2v) is 9.56. The number of esters is 1. The van der Waals surface area contributed by atoms with Crippen molar-refractivity contribution in [2.24, 2.45) is 0 Å². The maximum Gasteiger partial charge on any atom is 0.407 e. The van der Waals surface area contributed by atoms with Crippen molar-refractivity contribution in [1.82, 2.24) is 9.29 Å². The van der Waals surface area contributed by atoms with Crippen molar-refractivity contribution in [3.8, 4) is 0 Å². The van der Waals surface area contributed by atoms with Gasteiger partial charge in [0.15, 0.2) is 0 Å². The van der Waals surface area contributed by atoms with Crippen LogP contribution in [0.15, 0.2) is 96.0 Å². The summed E-state index contributed by atoms with van der Waals surface area (Å²) in [6, 6.07) is 22.9. The standard InChI is InChI=1S/C26H24N2O6S/c1-33-25(29)24(27-26(30)34-2)23(18-11-5-3-6-12-18)21-17-28(22-16-10-9-15-20(21)22)35(31,32)19-13-7-4-8-14-19/h3-17,23-24H,1-2H3,(H,27,30)/t23-,24-/m0/s1. The molecule has 1 amide bonds. The van der Waals surface area contributed by atoms with E-state index < -0.39 is 34.0 Å². The highest BCUT2D eigenvalue weighted by Crippen LogP contribution is 2.36. The minimum absolute atomic E-state index is 0.126. The minimum Gasteiger partial charge on any atom is -0.467 e. The molecular formula is C26H24N2O6S. The largest absolute Gasteiger partial charge is 0.467 e. The van der Waals surface area contributed by atoms with Crippen LogP contribution >= 0.6 is 0 Å². The molecule has 2 atom stereocenters. The molecule has 35 heavy (non-hydrogen) atoms. The average molecular weight is 493 g/mol. The van der Waals surface area contributed by atoms with Crippen LogP contribution in [0.25, 0.3) is 10.9 Å². The van der Waals surface area contributed by atoms with E-state index >= 15 is 0 Å². The van der Waals surface area contributed by atoms with Gasteiger partial charge in [0, 0.05) is 17.5 Å². The summed E-state index contributed by atoms with van der Waals surface area (Å²) in [5, 5.41) is 3.18. The van der Waals surface area contributed by atoms with E-state index in [0.29, 0.717) is 22.0 Å². The van der Waals surface area contributed by atoms with Crippen molar-refractivity contribution in [3.63, 3.8) is 0 Å². The van der Waals surface area contributed by atoms with Gasteiger partial charge in [0.1, 0.15) is 6.04 Å². The van der Waals surface area contributed by atoms with Crippen LogP contribution in [0.3, 0.4) is 0 Å². The number of fused-ring (bicyclic) bond motifs is 1. The molecule has 0 aliphatic rings. The number of hydrogen-bond donors (Lipinski definition) is 1. The highest BCUT2D eigenvalue weighted by atomic mass is 32.2. The van der Waals surface area contributed by atoms with Gasteiger partial charge in [-0.15, -0.1) is 0 Å². The van der Waals surface area contributed by atoms with Gasteiger partial charge in [0.05, 0.1) is 24.6 Å². The first kappa shape index (κ1) is 24.0. The van der Waals surface area contributed by atoms with Crippen molar-refractivity contribution in [2.45, 2.75) is 16.9 Å². The zero-order valence-electron chi connectivity index (χ0n) is 19.1. The molecule has 0 aliphatic heterocycles. The zero-order chi connectivity index (χ0) is 25.0. The lowest BCUT2D eigenvalue weighted by Crippen LogP contribution is -2.46. The first-order valence-electron chi connectivity index (χ1n) is 10.8. The molecule has 1 aromatic heterocycles. The fourth-order valence-corrected chi connectivity index (χ4v) is 5.53. The molecule has 0 saturated heterocycles. The predicted molar refractivity (Wildman–Crippen MR) is 131 cm³/mol. The van der Waals surface area contributed by atoms with Crippen LogP contribution in [-0.4, -0.2) is 44.7 Å². The zero-order valence-corrected chi connectivity index (χ0v) is 19.9. The number of rotatable bonds is 7. The van der Waals surface area contributed by atoms with Crippen LogP contribution < -0.4 is 5.32 Å². The van der Waals surface area contributed by atoms with Crippen LogP contribution in [0.4, 0.5) is 4.79 Å². The van der Waals surface area contributed by atoms with Gasteiger partial charge in [-0.2, -0.15) is 0 Å². The Bertz CT molecular complexity index is 1450. The quantitative estimate of drug-likeness (QED) is 0.393. The highest BCUT2D eigenvalue weighted by molar-refractivity contribution is 7.90. The molecule has 0 unspecified atom stereocenters. The number of nitrogens with one attached hydrogen (secondary N) is 1. The van der Waals surface area contributed by atoms with Crippen LogP contribution in [0, 0.1) is 0 Å². The smallest absolute Gasteiger partial charge is 0.407 e. The van der Waals surface area contributed by atoms with Gasteiger partial charge < -0.3 is 14.8 Å². The van der Waals surface area contributed by atoms with E-state index in [-0.39, 0.29) is 4.90 Å². The lowest BCUT2D eigenvalue weighted by molar-refractivity contribution is -0.143. The number of alkyl carbamates (subject to hydrolysis) is 1. The fraction of sp³-hybridized carbons (Fsp3) is 0.154. The number of benzene rings is 3. The lowest BCUT2D eigenvalue weighted by atomic mass is 9.84. The topological polar surface area (TPSA) is 104 Å². The summed E-state index contributed by atoms with van der Waals surface area (Å²) in [6.45, 7) is 0. The van der Waals surface area contributed by atoms with E-state index in [4.69, 9.17) is 9.47 Å². The Morgan fingerprint density at radius 1 is 0.829 bits per heavy atom. The summed E-state index contributed by atoms with van der Waals surface area (Å²) >= 11 is 0. The molecule has 3 aromatic carbocycles. The van der Waals surface area contributed by atoms with Gasteiger partial charge in [-0.25, -0.2) is 22.0 Å². The van der Waals surface area contributed by atoms with Gasteiger partial charge >= 0.3 is 12.1 Å². The number of hydrogen-bond acceptors (Lipinski definition) is 6. The molecule has 0 spiro atoms. The van der Waals surface area contributed by atoms with Gasteiger partial charge in [-0.05, 0) is 29.3 Å². The highest BCUT2D eigenvalue weighted by Gasteiger charge is 2.36. The average Bonchev–Trinajstić information content (AvgIpc) is 3.29. The lowest BCUT2D eigenvalue weighted by Gasteiger charge is -2.26. The van der Waals surface area contributed by atoms with E-state index in [1.807, 2.05) is 6.07 Å². The Morgan fingerprint density at radius 3 is 2.06 bits per heavy atom. The van der Waals surface area contributed by atoms with E-state index in [1.165, 1.54) is 36.5 Å². The third kappa shape index (κ3) is 4.63. The van der Waals surface area contributed by atoms with Gasteiger partial charge in [-0.1, -0.05) is 66.7 Å². The third-order valence-electron chi connectivity index (χ3n) is 5.75. The fourth-order valence-electron chi connectivity index (χ4n) is 4.13. The summed E-state index contributed by atoms with van der Waals surface area (Å²) < 4.78 is 38.1. The Hall–Kier alpha value is -4.11. The maximum atomic E-state index is 13.6. The molecule has 8 nitrogen and oxygen atoms in total. The molecule has 4 rings (SSSR count). The molecule has 180 valence electrons. The first-order chi connectivity index (χ1) is 16.9. The normalized spacial score (nSPS) is 13.1. The number of carbonyl (C=O) groups excluding carboxylic acids is 2. The van der Waals surface area contributed by atoms with Crippen molar-refractivity contribution in [3.05, 3.63) is 102 Å². The van der Waals surface area contributed by atoms with Crippen molar-refractivity contribution < 1.29 is 27.5 Å². The Kier molecular flexibility index (Phi) is 6.88. The van der Waals surface area contributed by atoms with Gasteiger partial charge in [0.2, 0.25) is 0 Å². The maximum absolute atomic E-state index is 13.6. The monoisotopic (exact) mass is 492 g/mol. The molecule has 4 aromatic rings. The predicted octanol–water partition coefficient (Wildman–Crippen LogP) is 3.91. The second-order valence-electron chi connectivity index (χ2n) is 7.74. The SMILES string of the molecule is COC(=O)N[C@H](C(=O)OC)[C@@H](c1ccccc1)c1cn(S(=O)(=O)c2ccccc2)c2ccccc12. The second kappa shape index (κ2) is 10.0. The van der Waals surface area contributed by atoms with E-state index in [2.05, 4.69) is 5.32 Å². The number of nitrogens with zero attached hydrogens (tertiary/aromatic N) is 1. The van der Waals surface area contributed by atoms with Crippen LogP contribution in [0.2, 0.25) is 0 Å². The summed E-state index contributed by atoms with van der Waals surface area (Å²) in [7, 11) is -1.54. The Morgan fingerprint density at radius 2 is 1.43 bits per heavy atom. The molecule has 0 radical (unpaired) electrons. The molecule has 0 bridgehead atoms. The molecule has 0 aliphatic carbocycles. The van der Waals surface area contributed by atoms with Gasteiger partial charge in [-0.3, -0.25) is 0 Å². The van der Waals surface area contributed by atoms with Crippen molar-refractivity contribution >= 4 is 33.0 Å². The molecule has 9 heteroatoms. The minimum atomic E-state index is -3.95. The van der Waals surface area contributed by atoms with Crippen LogP contribution in [-0.2, 0) is 24.3 Å². The molecule has 1 heterocycles. The number of amides is 1. The van der Waals surface area contributed by atoms with Gasteiger partial charge in [0.25, 0.3) is 10.0 Å². The van der Waals surface area contributed by atoms with Crippen molar-refractivity contribution in [2.75, 3.05) is 14.2 Å².